The summed E-state index contributed by atoms with van der Waals surface area (Å²) in [6.45, 7) is 1.28. The first kappa shape index (κ1) is 8.36. The molecule has 3 nitrogen and oxygen atoms in total. The molecule has 9 heavy (non-hydrogen) atoms. The Labute approximate surface area is 60.5 Å². The van der Waals surface area contributed by atoms with Crippen LogP contribution in [0.1, 0.15) is 6.92 Å². The lowest BCUT2D eigenvalue weighted by atomic mass is 10.4. The van der Waals surface area contributed by atoms with Crippen molar-refractivity contribution >= 4 is 27.7 Å². The molecule has 0 atom stereocenters. The maximum absolute atomic E-state index is 10.3. The fourth-order valence-corrected chi connectivity index (χ4v) is 0.406. The van der Waals surface area contributed by atoms with Gasteiger partial charge in [-0.1, -0.05) is 0 Å². The molecule has 0 fully saturated rings. The third kappa shape index (κ3) is 3.90. The van der Waals surface area contributed by atoms with Crippen molar-refractivity contribution in [3.05, 3.63) is 10.6 Å². The van der Waals surface area contributed by atoms with E-state index in [9.17, 15) is 9.59 Å². The van der Waals surface area contributed by atoms with E-state index in [1.807, 2.05) is 0 Å². The topological polar surface area (TPSA) is 54.4 Å². The molecule has 0 bridgehead atoms. The summed E-state index contributed by atoms with van der Waals surface area (Å²) in [7, 11) is 0. The van der Waals surface area contributed by atoms with Crippen LogP contribution in [-0.2, 0) is 9.59 Å². The molecule has 0 aromatic carbocycles. The number of carboxylic acid groups (broad SMARTS) is 1. The van der Waals surface area contributed by atoms with Crippen molar-refractivity contribution in [3.8, 4) is 0 Å². The summed E-state index contributed by atoms with van der Waals surface area (Å²) in [5.74, 6) is -1.42. The van der Waals surface area contributed by atoms with Crippen molar-refractivity contribution in [2.75, 3.05) is 0 Å². The molecule has 0 spiro atoms. The van der Waals surface area contributed by atoms with E-state index in [2.05, 4.69) is 15.9 Å². The molecule has 0 heterocycles. The quantitative estimate of drug-likeness (QED) is 0.663. The number of ketones is 1. The fraction of sp³-hybridized carbons (Fsp3) is 0.200. The zero-order valence-electron chi connectivity index (χ0n) is 4.72. The molecule has 0 aromatic heterocycles. The van der Waals surface area contributed by atoms with Crippen LogP contribution in [0.5, 0.6) is 0 Å². The van der Waals surface area contributed by atoms with E-state index in [1.165, 1.54) is 6.92 Å². The summed E-state index contributed by atoms with van der Waals surface area (Å²) in [5, 5.41) is 8.07. The average molecular weight is 193 g/mol. The standard InChI is InChI=1S/C5H5BrO3/c1-3(7)4(6)2-5(8)9/h2H,1H3,(H,8,9)/b4-2+. The molecule has 0 unspecified atom stereocenters. The minimum atomic E-state index is -1.13. The number of carbonyl (C=O) groups is 2. The van der Waals surface area contributed by atoms with Gasteiger partial charge in [-0.25, -0.2) is 4.79 Å². The van der Waals surface area contributed by atoms with Crippen LogP contribution in [0.15, 0.2) is 10.6 Å². The van der Waals surface area contributed by atoms with Crippen LogP contribution in [0.2, 0.25) is 0 Å². The van der Waals surface area contributed by atoms with Gasteiger partial charge in [0.15, 0.2) is 5.78 Å². The molecule has 0 aromatic rings. The van der Waals surface area contributed by atoms with E-state index in [-0.39, 0.29) is 10.3 Å². The number of carboxylic acids is 1. The van der Waals surface area contributed by atoms with Gasteiger partial charge in [-0.2, -0.15) is 0 Å². The van der Waals surface area contributed by atoms with Crippen LogP contribution in [0.4, 0.5) is 0 Å². The number of halogens is 1. The average Bonchev–Trinajstić information content (AvgIpc) is 1.63. The zero-order chi connectivity index (χ0) is 7.44. The van der Waals surface area contributed by atoms with Crippen LogP contribution in [-0.4, -0.2) is 16.9 Å². The highest BCUT2D eigenvalue weighted by atomic mass is 79.9. The smallest absolute Gasteiger partial charge is 0.329 e. The highest BCUT2D eigenvalue weighted by Gasteiger charge is 1.99. The second kappa shape index (κ2) is 3.40. The van der Waals surface area contributed by atoms with Crippen LogP contribution in [0, 0.1) is 0 Å². The first-order valence-electron chi connectivity index (χ1n) is 2.15. The molecular weight excluding hydrogens is 188 g/mol. The lowest BCUT2D eigenvalue weighted by Crippen LogP contribution is -1.94. The van der Waals surface area contributed by atoms with Crippen LogP contribution in [0.25, 0.3) is 0 Å². The van der Waals surface area contributed by atoms with Gasteiger partial charge in [-0.05, 0) is 22.9 Å². The van der Waals surface area contributed by atoms with E-state index in [0.29, 0.717) is 0 Å². The molecule has 4 heteroatoms. The molecule has 50 valence electrons. The Kier molecular flexibility index (Phi) is 3.16. The molecule has 0 rings (SSSR count). The normalized spacial score (nSPS) is 11.1. The molecule has 0 aliphatic heterocycles. The summed E-state index contributed by atoms with van der Waals surface area (Å²) in [4.78, 5) is 20.2. The highest BCUT2D eigenvalue weighted by Crippen LogP contribution is 2.04. The second-order valence-electron chi connectivity index (χ2n) is 1.39. The number of rotatable bonds is 2. The van der Waals surface area contributed by atoms with Crippen molar-refractivity contribution in [2.24, 2.45) is 0 Å². The molecule has 0 saturated carbocycles. The number of hydrogen-bond acceptors (Lipinski definition) is 2. The van der Waals surface area contributed by atoms with Gasteiger partial charge in [0.25, 0.3) is 0 Å². The molecule has 0 amide bonds. The molecular formula is C5H5BrO3. The van der Waals surface area contributed by atoms with Gasteiger partial charge in [-0.15, -0.1) is 0 Å². The van der Waals surface area contributed by atoms with E-state index in [4.69, 9.17) is 5.11 Å². The summed E-state index contributed by atoms with van der Waals surface area (Å²) in [6, 6.07) is 0. The molecule has 0 saturated heterocycles. The lowest BCUT2D eigenvalue weighted by Gasteiger charge is -1.85. The van der Waals surface area contributed by atoms with Crippen molar-refractivity contribution < 1.29 is 14.7 Å². The maximum Gasteiger partial charge on any atom is 0.329 e. The minimum Gasteiger partial charge on any atom is -0.478 e. The predicted molar refractivity (Wildman–Crippen MR) is 35.3 cm³/mol. The monoisotopic (exact) mass is 192 g/mol. The SMILES string of the molecule is CC(=O)/C(Br)=C\C(=O)O. The number of carbonyl (C=O) groups excluding carboxylic acids is 1. The Hall–Kier alpha value is -0.640. The van der Waals surface area contributed by atoms with Gasteiger partial charge >= 0.3 is 5.97 Å². The highest BCUT2D eigenvalue weighted by molar-refractivity contribution is 9.12. The van der Waals surface area contributed by atoms with E-state index >= 15 is 0 Å². The summed E-state index contributed by atoms with van der Waals surface area (Å²) >= 11 is 2.77. The van der Waals surface area contributed by atoms with Gasteiger partial charge in [0, 0.05) is 6.08 Å². The molecule has 0 aliphatic rings. The van der Waals surface area contributed by atoms with Crippen molar-refractivity contribution in [1.82, 2.24) is 0 Å². The van der Waals surface area contributed by atoms with E-state index < -0.39 is 5.97 Å². The summed E-state index contributed by atoms with van der Waals surface area (Å²) < 4.78 is 0.0787. The third-order valence-corrected chi connectivity index (χ3v) is 1.37. The molecule has 0 aliphatic carbocycles. The van der Waals surface area contributed by atoms with Gasteiger partial charge < -0.3 is 5.11 Å². The van der Waals surface area contributed by atoms with E-state index in [1.54, 1.807) is 0 Å². The summed E-state index contributed by atoms with van der Waals surface area (Å²) in [6.07, 6.45) is 0.808. The predicted octanol–water partition coefficient (Wildman–Crippen LogP) is 0.939. The van der Waals surface area contributed by atoms with Gasteiger partial charge in [0.1, 0.15) is 0 Å². The summed E-state index contributed by atoms with van der Waals surface area (Å²) in [5.41, 5.74) is 0. The fourth-order valence-electron chi connectivity index (χ4n) is 0.210. The van der Waals surface area contributed by atoms with Crippen LogP contribution < -0.4 is 0 Å². The Morgan fingerprint density at radius 1 is 1.56 bits per heavy atom. The third-order valence-electron chi connectivity index (χ3n) is 0.587. The molecule has 0 radical (unpaired) electrons. The number of allylic oxidation sites excluding steroid dienone is 1. The van der Waals surface area contributed by atoms with Crippen LogP contribution in [0.3, 0.4) is 0 Å². The Balaban J connectivity index is 4.17. The van der Waals surface area contributed by atoms with Gasteiger partial charge in [-0.3, -0.25) is 4.79 Å². The Bertz CT molecular complexity index is 171. The Morgan fingerprint density at radius 3 is 2.11 bits per heavy atom. The second-order valence-corrected chi connectivity index (χ2v) is 2.24. The van der Waals surface area contributed by atoms with Crippen molar-refractivity contribution in [3.63, 3.8) is 0 Å². The number of Topliss-reactive ketones (excluding diaryl/α,β-unsaturated/α-hetero) is 1. The van der Waals surface area contributed by atoms with Crippen molar-refractivity contribution in [1.29, 1.82) is 0 Å². The number of hydrogen-bond donors (Lipinski definition) is 1. The van der Waals surface area contributed by atoms with Gasteiger partial charge in [0.2, 0.25) is 0 Å². The van der Waals surface area contributed by atoms with Crippen molar-refractivity contribution in [2.45, 2.75) is 6.92 Å². The molecule has 1 N–H and O–H groups in total. The first-order chi connectivity index (χ1) is 4.04. The largest absolute Gasteiger partial charge is 0.478 e. The van der Waals surface area contributed by atoms with Gasteiger partial charge in [0.05, 0.1) is 4.48 Å². The van der Waals surface area contributed by atoms with E-state index in [0.717, 1.165) is 6.08 Å². The lowest BCUT2D eigenvalue weighted by molar-refractivity contribution is -0.131. The zero-order valence-corrected chi connectivity index (χ0v) is 6.31. The maximum atomic E-state index is 10.3. The minimum absolute atomic E-state index is 0.0787. The van der Waals surface area contributed by atoms with Crippen LogP contribution >= 0.6 is 15.9 Å². The first-order valence-corrected chi connectivity index (χ1v) is 2.94. The Morgan fingerprint density at radius 2 is 2.00 bits per heavy atom. The number of aliphatic carboxylic acids is 1.